The number of rotatable bonds is 4. The molecular weight excluding hydrogens is 303 g/mol. The molecule has 0 aliphatic rings. The van der Waals surface area contributed by atoms with Crippen LogP contribution in [0, 0.1) is 0 Å². The Bertz CT molecular complexity index is 686. The van der Waals surface area contributed by atoms with Crippen LogP contribution in [0.5, 0.6) is 5.75 Å². The molecule has 7 heteroatoms. The van der Waals surface area contributed by atoms with Gasteiger partial charge in [0.05, 0.1) is 5.30 Å². The minimum absolute atomic E-state index is 0.222. The van der Waals surface area contributed by atoms with Crippen LogP contribution < -0.4 is 15.1 Å². The topological polar surface area (TPSA) is 78.9 Å². The third-order valence-corrected chi connectivity index (χ3v) is 4.23. The molecule has 2 amide bonds. The van der Waals surface area contributed by atoms with E-state index >= 15 is 0 Å². The van der Waals surface area contributed by atoms with Crippen molar-refractivity contribution in [3.05, 3.63) is 54.6 Å². The summed E-state index contributed by atoms with van der Waals surface area (Å²) in [4.78, 5) is 22.9. The first kappa shape index (κ1) is 16.1. The van der Waals surface area contributed by atoms with Crippen molar-refractivity contribution in [2.45, 2.75) is 0 Å². The van der Waals surface area contributed by atoms with Crippen LogP contribution in [0.2, 0.25) is 0 Å². The van der Waals surface area contributed by atoms with E-state index in [-0.39, 0.29) is 17.1 Å². The molecule has 6 nitrogen and oxygen atoms in total. The van der Waals surface area contributed by atoms with Crippen molar-refractivity contribution >= 4 is 24.6 Å². The van der Waals surface area contributed by atoms with E-state index in [1.54, 1.807) is 44.4 Å². The van der Waals surface area contributed by atoms with E-state index < -0.39 is 7.60 Å². The molecule has 0 fully saturated rings. The van der Waals surface area contributed by atoms with Gasteiger partial charge in [0.25, 0.3) is 0 Å². The summed E-state index contributed by atoms with van der Waals surface area (Å²) < 4.78 is 17.4. The van der Waals surface area contributed by atoms with Crippen LogP contribution >= 0.6 is 7.60 Å². The predicted molar refractivity (Wildman–Crippen MR) is 85.7 cm³/mol. The Morgan fingerprint density at radius 1 is 1.09 bits per heavy atom. The number of amides is 2. The average Bonchev–Trinajstić information content (AvgIpc) is 2.50. The van der Waals surface area contributed by atoms with Gasteiger partial charge in [-0.15, -0.1) is 0 Å². The van der Waals surface area contributed by atoms with Crippen molar-refractivity contribution in [3.63, 3.8) is 0 Å². The summed E-state index contributed by atoms with van der Waals surface area (Å²) in [7, 11) is -0.653. The molecule has 0 aliphatic heterocycles. The minimum Gasteiger partial charge on any atom is -0.421 e. The van der Waals surface area contributed by atoms with Gasteiger partial charge in [0, 0.05) is 19.8 Å². The molecule has 22 heavy (non-hydrogen) atoms. The summed E-state index contributed by atoms with van der Waals surface area (Å²) in [6, 6.07) is 14.1. The molecule has 0 aromatic heterocycles. The number of anilines is 1. The molecular formula is C15H17N2O4P. The number of hydrogen-bond acceptors (Lipinski definition) is 3. The summed E-state index contributed by atoms with van der Waals surface area (Å²) in [5, 5.41) is 2.89. The Labute approximate surface area is 128 Å². The Morgan fingerprint density at radius 3 is 2.23 bits per heavy atom. The van der Waals surface area contributed by atoms with Crippen LogP contribution in [0.4, 0.5) is 10.5 Å². The Morgan fingerprint density at radius 2 is 1.68 bits per heavy atom. The van der Waals surface area contributed by atoms with Crippen molar-refractivity contribution in [1.29, 1.82) is 0 Å². The molecule has 0 saturated carbocycles. The van der Waals surface area contributed by atoms with Gasteiger partial charge in [0.1, 0.15) is 5.75 Å². The van der Waals surface area contributed by atoms with Gasteiger partial charge in [0.15, 0.2) is 0 Å². The summed E-state index contributed by atoms with van der Waals surface area (Å²) in [6.45, 7) is 0. The maximum Gasteiger partial charge on any atom is 0.408 e. The Kier molecular flexibility index (Phi) is 4.85. The second-order valence-corrected chi connectivity index (χ2v) is 6.54. The van der Waals surface area contributed by atoms with E-state index in [0.29, 0.717) is 5.69 Å². The van der Waals surface area contributed by atoms with Gasteiger partial charge in [-0.05, 0) is 36.4 Å². The monoisotopic (exact) mass is 320 g/mol. The number of carbonyl (C=O) groups excluding carboxylic acids is 1. The largest absolute Gasteiger partial charge is 0.421 e. The SMILES string of the molecule is CN(C)C(=O)Nc1ccc(OP(=O)(O)c2ccccc2)cc1. The van der Waals surface area contributed by atoms with Gasteiger partial charge in [-0.25, -0.2) is 9.36 Å². The molecule has 0 saturated heterocycles. The smallest absolute Gasteiger partial charge is 0.408 e. The van der Waals surface area contributed by atoms with Crippen molar-refractivity contribution in [1.82, 2.24) is 4.90 Å². The summed E-state index contributed by atoms with van der Waals surface area (Å²) >= 11 is 0. The molecule has 116 valence electrons. The van der Waals surface area contributed by atoms with E-state index in [9.17, 15) is 14.3 Å². The summed E-state index contributed by atoms with van der Waals surface area (Å²) in [6.07, 6.45) is 0. The molecule has 1 atom stereocenters. The molecule has 0 spiro atoms. The van der Waals surface area contributed by atoms with Gasteiger partial charge in [-0.1, -0.05) is 18.2 Å². The molecule has 0 radical (unpaired) electrons. The van der Waals surface area contributed by atoms with Crippen molar-refractivity contribution in [2.24, 2.45) is 0 Å². The predicted octanol–water partition coefficient (Wildman–Crippen LogP) is 2.67. The van der Waals surface area contributed by atoms with E-state index in [2.05, 4.69) is 5.32 Å². The summed E-state index contributed by atoms with van der Waals surface area (Å²) in [5.74, 6) is 0.248. The van der Waals surface area contributed by atoms with Gasteiger partial charge in [0.2, 0.25) is 0 Å². The van der Waals surface area contributed by atoms with Gasteiger partial charge in [-0.2, -0.15) is 0 Å². The lowest BCUT2D eigenvalue weighted by molar-refractivity contribution is 0.230. The quantitative estimate of drug-likeness (QED) is 0.849. The maximum atomic E-state index is 12.2. The molecule has 2 N–H and O–H groups in total. The highest BCUT2D eigenvalue weighted by molar-refractivity contribution is 7.61. The molecule has 0 heterocycles. The van der Waals surface area contributed by atoms with E-state index in [1.165, 1.54) is 29.2 Å². The molecule has 0 aliphatic carbocycles. The van der Waals surface area contributed by atoms with Crippen molar-refractivity contribution in [3.8, 4) is 5.75 Å². The first-order valence-electron chi connectivity index (χ1n) is 6.55. The number of hydrogen-bond donors (Lipinski definition) is 2. The Balaban J connectivity index is 2.08. The van der Waals surface area contributed by atoms with Crippen molar-refractivity contribution < 1.29 is 18.8 Å². The zero-order valence-electron chi connectivity index (χ0n) is 12.3. The van der Waals surface area contributed by atoms with Gasteiger partial charge >= 0.3 is 13.6 Å². The van der Waals surface area contributed by atoms with Crippen LogP contribution in [0.3, 0.4) is 0 Å². The number of urea groups is 1. The third-order valence-electron chi connectivity index (χ3n) is 2.82. The van der Waals surface area contributed by atoms with Crippen LogP contribution in [0.15, 0.2) is 54.6 Å². The second-order valence-electron chi connectivity index (χ2n) is 4.80. The molecule has 1 unspecified atom stereocenters. The molecule has 0 bridgehead atoms. The van der Waals surface area contributed by atoms with Gasteiger partial charge < -0.3 is 19.6 Å². The van der Waals surface area contributed by atoms with Gasteiger partial charge in [-0.3, -0.25) is 0 Å². The third kappa shape index (κ3) is 4.10. The lowest BCUT2D eigenvalue weighted by Crippen LogP contribution is -2.27. The number of nitrogens with one attached hydrogen (secondary N) is 1. The van der Waals surface area contributed by atoms with Crippen LogP contribution in [0.25, 0.3) is 0 Å². The zero-order valence-corrected chi connectivity index (χ0v) is 13.2. The number of carbonyl (C=O) groups is 1. The highest BCUT2D eigenvalue weighted by atomic mass is 31.2. The first-order valence-corrected chi connectivity index (χ1v) is 8.12. The Hall–Kier alpha value is -2.30. The lowest BCUT2D eigenvalue weighted by atomic mass is 10.3. The van der Waals surface area contributed by atoms with E-state index in [1.807, 2.05) is 0 Å². The lowest BCUT2D eigenvalue weighted by Gasteiger charge is -2.15. The minimum atomic E-state index is -3.92. The van der Waals surface area contributed by atoms with Crippen molar-refractivity contribution in [2.75, 3.05) is 19.4 Å². The number of benzene rings is 2. The average molecular weight is 320 g/mol. The van der Waals surface area contributed by atoms with Crippen LogP contribution in [-0.4, -0.2) is 29.9 Å². The van der Waals surface area contributed by atoms with E-state index in [4.69, 9.17) is 4.52 Å². The summed E-state index contributed by atoms with van der Waals surface area (Å²) in [5.41, 5.74) is 0.568. The van der Waals surface area contributed by atoms with Crippen LogP contribution in [-0.2, 0) is 4.57 Å². The number of nitrogens with zero attached hydrogens (tertiary/aromatic N) is 1. The fourth-order valence-electron chi connectivity index (χ4n) is 1.65. The second kappa shape index (κ2) is 6.64. The fourth-order valence-corrected chi connectivity index (χ4v) is 2.71. The van der Waals surface area contributed by atoms with E-state index in [0.717, 1.165) is 0 Å². The normalized spacial score (nSPS) is 13.0. The molecule has 2 aromatic carbocycles. The highest BCUT2D eigenvalue weighted by Crippen LogP contribution is 2.41. The maximum absolute atomic E-state index is 12.2. The zero-order chi connectivity index (χ0) is 16.2. The fraction of sp³-hybridized carbons (Fsp3) is 0.133. The first-order chi connectivity index (χ1) is 10.4. The standard InChI is InChI=1S/C15H17N2O4P/c1-17(2)15(18)16-12-8-10-13(11-9-12)21-22(19,20)14-6-4-3-5-7-14/h3-11H,1-2H3,(H,16,18)(H,19,20). The van der Waals surface area contributed by atoms with Crippen LogP contribution in [0.1, 0.15) is 0 Å². The molecule has 2 aromatic rings. The highest BCUT2D eigenvalue weighted by Gasteiger charge is 2.23. The molecule has 2 rings (SSSR count).